The Kier molecular flexibility index (Phi) is 3.19. The number of nitrogens with zero attached hydrogens (tertiary/aromatic N) is 1. The molecule has 0 saturated heterocycles. The van der Waals surface area contributed by atoms with E-state index in [4.69, 9.17) is 4.74 Å². The molecule has 0 amide bonds. The van der Waals surface area contributed by atoms with Gasteiger partial charge in [-0.05, 0) is 22.6 Å². The lowest BCUT2D eigenvalue weighted by molar-refractivity contribution is 0.145. The molecular formula is C7H6F2INO. The summed E-state index contributed by atoms with van der Waals surface area (Å²) in [5.41, 5.74) is -0.251. The Balaban J connectivity index is 3.06. The van der Waals surface area contributed by atoms with E-state index >= 15 is 0 Å². The summed E-state index contributed by atoms with van der Waals surface area (Å²) in [6, 6.07) is 2.82. The van der Waals surface area contributed by atoms with Crippen LogP contribution in [0, 0.1) is 3.70 Å². The lowest BCUT2D eigenvalue weighted by Gasteiger charge is -2.03. The van der Waals surface area contributed by atoms with Crippen LogP contribution in [-0.2, 0) is 0 Å². The molecule has 0 aliphatic carbocycles. The Morgan fingerprint density at radius 2 is 2.17 bits per heavy atom. The van der Waals surface area contributed by atoms with Gasteiger partial charge in [-0.3, -0.25) is 0 Å². The number of alkyl halides is 2. The van der Waals surface area contributed by atoms with Crippen molar-refractivity contribution in [1.82, 2.24) is 4.98 Å². The average molecular weight is 285 g/mol. The second kappa shape index (κ2) is 3.97. The fourth-order valence-electron chi connectivity index (χ4n) is 0.722. The van der Waals surface area contributed by atoms with E-state index in [2.05, 4.69) is 4.98 Å². The van der Waals surface area contributed by atoms with Crippen molar-refractivity contribution in [3.05, 3.63) is 21.5 Å². The Labute approximate surface area is 82.1 Å². The molecule has 0 atom stereocenters. The zero-order valence-corrected chi connectivity index (χ0v) is 8.38. The van der Waals surface area contributed by atoms with E-state index in [1.54, 1.807) is 6.07 Å². The Bertz CT molecular complexity index is 280. The number of halogens is 3. The monoisotopic (exact) mass is 285 g/mol. The zero-order valence-electron chi connectivity index (χ0n) is 6.22. The SMILES string of the molecule is COc1cc(I)nc(C(F)F)c1. The van der Waals surface area contributed by atoms with E-state index in [-0.39, 0.29) is 5.69 Å². The Hall–Kier alpha value is -0.460. The number of hydrogen-bond donors (Lipinski definition) is 0. The highest BCUT2D eigenvalue weighted by Crippen LogP contribution is 2.22. The first-order valence-corrected chi connectivity index (χ1v) is 4.21. The van der Waals surface area contributed by atoms with Crippen LogP contribution < -0.4 is 4.74 Å². The standard InChI is InChI=1S/C7H6F2INO/c1-12-4-2-5(7(8)9)11-6(10)3-4/h2-3,7H,1H3. The summed E-state index contributed by atoms with van der Waals surface area (Å²) < 4.78 is 29.6. The van der Waals surface area contributed by atoms with Gasteiger partial charge < -0.3 is 4.74 Å². The highest BCUT2D eigenvalue weighted by Gasteiger charge is 2.10. The smallest absolute Gasteiger partial charge is 0.280 e. The van der Waals surface area contributed by atoms with Crippen LogP contribution in [0.2, 0.25) is 0 Å². The fourth-order valence-corrected chi connectivity index (χ4v) is 1.31. The summed E-state index contributed by atoms with van der Waals surface area (Å²) in [6.07, 6.45) is -2.55. The van der Waals surface area contributed by atoms with Crippen LogP contribution in [0.4, 0.5) is 8.78 Å². The molecule has 66 valence electrons. The largest absolute Gasteiger partial charge is 0.497 e. The molecular weight excluding hydrogens is 279 g/mol. The molecule has 0 spiro atoms. The van der Waals surface area contributed by atoms with Gasteiger partial charge in [-0.15, -0.1) is 0 Å². The maximum atomic E-state index is 12.1. The Morgan fingerprint density at radius 1 is 1.50 bits per heavy atom. The number of rotatable bonds is 2. The van der Waals surface area contributed by atoms with Gasteiger partial charge in [-0.25, -0.2) is 13.8 Å². The highest BCUT2D eigenvalue weighted by molar-refractivity contribution is 14.1. The van der Waals surface area contributed by atoms with E-state index in [0.29, 0.717) is 9.45 Å². The molecule has 1 rings (SSSR count). The fraction of sp³-hybridized carbons (Fsp3) is 0.286. The van der Waals surface area contributed by atoms with Crippen molar-refractivity contribution in [1.29, 1.82) is 0 Å². The molecule has 2 nitrogen and oxygen atoms in total. The summed E-state index contributed by atoms with van der Waals surface area (Å²) in [6.45, 7) is 0. The molecule has 1 aromatic rings. The second-order valence-electron chi connectivity index (χ2n) is 2.06. The molecule has 0 aliphatic rings. The summed E-state index contributed by atoms with van der Waals surface area (Å²) in [4.78, 5) is 3.64. The molecule has 0 unspecified atom stereocenters. The zero-order chi connectivity index (χ0) is 9.14. The lowest BCUT2D eigenvalue weighted by atomic mass is 10.3. The van der Waals surface area contributed by atoms with Gasteiger partial charge in [-0.1, -0.05) is 0 Å². The average Bonchev–Trinajstić information content (AvgIpc) is 2.03. The molecule has 0 fully saturated rings. The number of hydrogen-bond acceptors (Lipinski definition) is 2. The van der Waals surface area contributed by atoms with Gasteiger partial charge in [-0.2, -0.15) is 0 Å². The van der Waals surface area contributed by atoms with Gasteiger partial charge in [0, 0.05) is 12.1 Å². The normalized spacial score (nSPS) is 10.4. The minimum atomic E-state index is -2.55. The van der Waals surface area contributed by atoms with E-state index in [1.165, 1.54) is 13.2 Å². The van der Waals surface area contributed by atoms with Crippen LogP contribution in [0.1, 0.15) is 12.1 Å². The van der Waals surface area contributed by atoms with Gasteiger partial charge in [0.1, 0.15) is 15.1 Å². The number of ether oxygens (including phenoxy) is 1. The van der Waals surface area contributed by atoms with E-state index in [1.807, 2.05) is 22.6 Å². The van der Waals surface area contributed by atoms with Gasteiger partial charge in [0.25, 0.3) is 6.43 Å². The highest BCUT2D eigenvalue weighted by atomic mass is 127. The van der Waals surface area contributed by atoms with Crippen LogP contribution in [0.15, 0.2) is 12.1 Å². The molecule has 0 aromatic carbocycles. The third-order valence-electron chi connectivity index (χ3n) is 1.25. The van der Waals surface area contributed by atoms with Crippen LogP contribution in [0.5, 0.6) is 5.75 Å². The number of pyridine rings is 1. The maximum absolute atomic E-state index is 12.1. The molecule has 0 N–H and O–H groups in total. The number of aromatic nitrogens is 1. The first-order chi connectivity index (χ1) is 5.63. The maximum Gasteiger partial charge on any atom is 0.280 e. The summed E-state index contributed by atoms with van der Waals surface area (Å²) in [7, 11) is 1.43. The summed E-state index contributed by atoms with van der Waals surface area (Å²) >= 11 is 1.86. The molecule has 1 aromatic heterocycles. The van der Waals surface area contributed by atoms with Gasteiger partial charge >= 0.3 is 0 Å². The molecule has 0 aliphatic heterocycles. The third kappa shape index (κ3) is 2.26. The van der Waals surface area contributed by atoms with E-state index in [9.17, 15) is 8.78 Å². The van der Waals surface area contributed by atoms with Gasteiger partial charge in [0.05, 0.1) is 7.11 Å². The summed E-state index contributed by atoms with van der Waals surface area (Å²) in [5, 5.41) is 0. The predicted molar refractivity (Wildman–Crippen MR) is 48.5 cm³/mol. The van der Waals surface area contributed by atoms with Crippen molar-refractivity contribution in [2.45, 2.75) is 6.43 Å². The summed E-state index contributed by atoms with van der Waals surface area (Å²) in [5.74, 6) is 0.407. The second-order valence-corrected chi connectivity index (χ2v) is 3.16. The van der Waals surface area contributed by atoms with Crippen LogP contribution in [-0.4, -0.2) is 12.1 Å². The Morgan fingerprint density at radius 3 is 2.67 bits per heavy atom. The van der Waals surface area contributed by atoms with Crippen molar-refractivity contribution < 1.29 is 13.5 Å². The lowest BCUT2D eigenvalue weighted by Crippen LogP contribution is -1.94. The van der Waals surface area contributed by atoms with Crippen molar-refractivity contribution in [2.75, 3.05) is 7.11 Å². The van der Waals surface area contributed by atoms with Crippen LogP contribution in [0.3, 0.4) is 0 Å². The minimum absolute atomic E-state index is 0.251. The number of methoxy groups -OCH3 is 1. The van der Waals surface area contributed by atoms with Gasteiger partial charge in [0.15, 0.2) is 0 Å². The van der Waals surface area contributed by atoms with Crippen molar-refractivity contribution in [3.63, 3.8) is 0 Å². The minimum Gasteiger partial charge on any atom is -0.497 e. The van der Waals surface area contributed by atoms with Gasteiger partial charge in [0.2, 0.25) is 0 Å². The molecule has 1 heterocycles. The van der Waals surface area contributed by atoms with Crippen LogP contribution >= 0.6 is 22.6 Å². The van der Waals surface area contributed by atoms with Crippen molar-refractivity contribution in [3.8, 4) is 5.75 Å². The third-order valence-corrected chi connectivity index (χ3v) is 1.80. The molecule has 12 heavy (non-hydrogen) atoms. The topological polar surface area (TPSA) is 22.1 Å². The van der Waals surface area contributed by atoms with E-state index < -0.39 is 6.43 Å². The van der Waals surface area contributed by atoms with Crippen molar-refractivity contribution >= 4 is 22.6 Å². The first-order valence-electron chi connectivity index (χ1n) is 3.13. The molecule has 0 bridgehead atoms. The first kappa shape index (κ1) is 9.63. The molecule has 0 radical (unpaired) electrons. The molecule has 5 heteroatoms. The molecule has 0 saturated carbocycles. The predicted octanol–water partition coefficient (Wildman–Crippen LogP) is 2.63. The van der Waals surface area contributed by atoms with Crippen molar-refractivity contribution in [2.24, 2.45) is 0 Å². The van der Waals surface area contributed by atoms with Crippen LogP contribution in [0.25, 0.3) is 0 Å². The quantitative estimate of drug-likeness (QED) is 0.615. The van der Waals surface area contributed by atoms with E-state index in [0.717, 1.165) is 0 Å².